The molecule has 10 heteroatoms. The Morgan fingerprint density at radius 3 is 2.57 bits per heavy atom. The second kappa shape index (κ2) is 8.58. The van der Waals surface area contributed by atoms with Gasteiger partial charge >= 0.3 is 0 Å². The lowest BCUT2D eigenvalue weighted by Crippen LogP contribution is -2.30. The van der Waals surface area contributed by atoms with Crippen molar-refractivity contribution >= 4 is 27.4 Å². The van der Waals surface area contributed by atoms with Crippen LogP contribution in [0.25, 0.3) is 16.9 Å². The number of sulfonamides is 1. The van der Waals surface area contributed by atoms with Crippen LogP contribution in [-0.2, 0) is 15.8 Å². The summed E-state index contributed by atoms with van der Waals surface area (Å²) >= 11 is 1.40. The smallest absolute Gasteiger partial charge is 0.244 e. The summed E-state index contributed by atoms with van der Waals surface area (Å²) in [5.41, 5.74) is 2.33. The van der Waals surface area contributed by atoms with Gasteiger partial charge < -0.3 is 4.52 Å². The van der Waals surface area contributed by atoms with Crippen molar-refractivity contribution in [3.05, 3.63) is 60.5 Å². The van der Waals surface area contributed by atoms with Crippen molar-refractivity contribution in [2.24, 2.45) is 0 Å². The van der Waals surface area contributed by atoms with Crippen molar-refractivity contribution in [2.45, 2.75) is 29.7 Å². The lowest BCUT2D eigenvalue weighted by atomic mass is 10.1. The standard InChI is InChI=1S/C20H21N5O3S2/c1-3-24(4-2)30(26,27)17-10-11-19-21-22-20(25(19)13-17)29-14-16-12-18(23-28-16)15-8-6-5-7-9-15/h5-13H,3-4,14H2,1-2H3. The van der Waals surface area contributed by atoms with Gasteiger partial charge in [-0.15, -0.1) is 10.2 Å². The molecule has 0 aliphatic heterocycles. The maximum absolute atomic E-state index is 12.8. The Kier molecular flexibility index (Phi) is 5.89. The molecule has 0 radical (unpaired) electrons. The number of benzene rings is 1. The van der Waals surface area contributed by atoms with Crippen LogP contribution in [0.2, 0.25) is 0 Å². The maximum Gasteiger partial charge on any atom is 0.244 e. The van der Waals surface area contributed by atoms with Gasteiger partial charge in [0.2, 0.25) is 10.0 Å². The first-order valence-electron chi connectivity index (χ1n) is 9.51. The molecule has 0 amide bonds. The van der Waals surface area contributed by atoms with Gasteiger partial charge in [0.05, 0.1) is 10.6 Å². The third-order valence-corrected chi connectivity index (χ3v) is 7.66. The Morgan fingerprint density at radius 2 is 1.83 bits per heavy atom. The molecule has 0 unspecified atom stereocenters. The molecule has 0 spiro atoms. The normalized spacial score (nSPS) is 12.1. The van der Waals surface area contributed by atoms with Gasteiger partial charge in [0.25, 0.3) is 0 Å². The van der Waals surface area contributed by atoms with Gasteiger partial charge in [0.15, 0.2) is 10.8 Å². The van der Waals surface area contributed by atoms with Crippen molar-refractivity contribution in [1.29, 1.82) is 0 Å². The molecule has 0 N–H and O–H groups in total. The Labute approximate surface area is 179 Å². The van der Waals surface area contributed by atoms with E-state index in [4.69, 9.17) is 4.52 Å². The molecule has 3 aromatic heterocycles. The van der Waals surface area contributed by atoms with Gasteiger partial charge in [0, 0.05) is 30.9 Å². The highest BCUT2D eigenvalue weighted by molar-refractivity contribution is 7.98. The van der Waals surface area contributed by atoms with Crippen LogP contribution in [0.3, 0.4) is 0 Å². The van der Waals surface area contributed by atoms with E-state index in [1.165, 1.54) is 16.1 Å². The fourth-order valence-corrected chi connectivity index (χ4v) is 5.32. The zero-order chi connectivity index (χ0) is 21.1. The van der Waals surface area contributed by atoms with Crippen molar-refractivity contribution in [3.8, 4) is 11.3 Å². The van der Waals surface area contributed by atoms with Crippen LogP contribution in [0.1, 0.15) is 19.6 Å². The second-order valence-electron chi connectivity index (χ2n) is 6.50. The molecule has 30 heavy (non-hydrogen) atoms. The second-order valence-corrected chi connectivity index (χ2v) is 9.38. The van der Waals surface area contributed by atoms with Crippen LogP contribution in [0.4, 0.5) is 0 Å². The number of nitrogens with zero attached hydrogens (tertiary/aromatic N) is 5. The molecular weight excluding hydrogens is 422 g/mol. The van der Waals surface area contributed by atoms with Gasteiger partial charge in [-0.1, -0.05) is 61.1 Å². The summed E-state index contributed by atoms with van der Waals surface area (Å²) in [5.74, 6) is 1.19. The molecule has 0 saturated heterocycles. The van der Waals surface area contributed by atoms with Crippen LogP contribution in [0.5, 0.6) is 0 Å². The zero-order valence-corrected chi connectivity index (χ0v) is 18.2. The summed E-state index contributed by atoms with van der Waals surface area (Å²) < 4.78 is 34.2. The van der Waals surface area contributed by atoms with E-state index >= 15 is 0 Å². The predicted molar refractivity (Wildman–Crippen MR) is 115 cm³/mol. The summed E-state index contributed by atoms with van der Waals surface area (Å²) in [6, 6.07) is 14.9. The molecule has 156 valence electrons. The van der Waals surface area contributed by atoms with E-state index in [-0.39, 0.29) is 4.90 Å². The van der Waals surface area contributed by atoms with E-state index in [9.17, 15) is 8.42 Å². The number of thioether (sulfide) groups is 1. The third kappa shape index (κ3) is 3.98. The molecular formula is C20H21N5O3S2. The minimum Gasteiger partial charge on any atom is -0.360 e. The van der Waals surface area contributed by atoms with Crippen molar-refractivity contribution in [3.63, 3.8) is 0 Å². The molecule has 1 aromatic carbocycles. The Hall–Kier alpha value is -2.69. The highest BCUT2D eigenvalue weighted by atomic mass is 32.2. The van der Waals surface area contributed by atoms with E-state index in [1.807, 2.05) is 50.2 Å². The van der Waals surface area contributed by atoms with Crippen LogP contribution in [0.15, 0.2) is 69.3 Å². The molecule has 8 nitrogen and oxygen atoms in total. The number of aromatic nitrogens is 4. The highest BCUT2D eigenvalue weighted by Crippen LogP contribution is 2.26. The van der Waals surface area contributed by atoms with E-state index < -0.39 is 10.0 Å². The summed E-state index contributed by atoms with van der Waals surface area (Å²) in [6.45, 7) is 4.47. The number of fused-ring (bicyclic) bond motifs is 1. The third-order valence-electron chi connectivity index (χ3n) is 4.66. The lowest BCUT2D eigenvalue weighted by molar-refractivity contribution is 0.397. The van der Waals surface area contributed by atoms with E-state index in [0.717, 1.165) is 11.3 Å². The Balaban J connectivity index is 1.56. The minimum atomic E-state index is -3.56. The quantitative estimate of drug-likeness (QED) is 0.383. The summed E-state index contributed by atoms with van der Waals surface area (Å²) in [6.07, 6.45) is 1.57. The first-order chi connectivity index (χ1) is 14.5. The van der Waals surface area contributed by atoms with Gasteiger partial charge in [0.1, 0.15) is 11.5 Å². The van der Waals surface area contributed by atoms with Crippen LogP contribution in [-0.4, -0.2) is 45.6 Å². The molecule has 0 atom stereocenters. The van der Waals surface area contributed by atoms with Crippen LogP contribution >= 0.6 is 11.8 Å². The minimum absolute atomic E-state index is 0.214. The summed E-state index contributed by atoms with van der Waals surface area (Å²) in [7, 11) is -3.56. The predicted octanol–water partition coefficient (Wildman–Crippen LogP) is 3.71. The molecule has 0 fully saturated rings. The monoisotopic (exact) mass is 443 g/mol. The number of rotatable bonds is 8. The van der Waals surface area contributed by atoms with Crippen molar-refractivity contribution in [1.82, 2.24) is 24.1 Å². The molecule has 0 saturated carbocycles. The average molecular weight is 444 g/mol. The van der Waals surface area contributed by atoms with Gasteiger partial charge in [-0.05, 0) is 12.1 Å². The summed E-state index contributed by atoms with van der Waals surface area (Å²) in [5, 5.41) is 13.0. The average Bonchev–Trinajstić information content (AvgIpc) is 3.40. The Bertz CT molecular complexity index is 1250. The van der Waals surface area contributed by atoms with E-state index in [2.05, 4.69) is 15.4 Å². The lowest BCUT2D eigenvalue weighted by Gasteiger charge is -2.18. The fraction of sp³-hybridized carbons (Fsp3) is 0.250. The van der Waals surface area contributed by atoms with Gasteiger partial charge in [-0.25, -0.2) is 8.42 Å². The van der Waals surface area contributed by atoms with Gasteiger partial charge in [-0.2, -0.15) is 4.31 Å². The van der Waals surface area contributed by atoms with Crippen molar-refractivity contribution < 1.29 is 12.9 Å². The molecule has 4 aromatic rings. The number of pyridine rings is 1. The maximum atomic E-state index is 12.8. The zero-order valence-electron chi connectivity index (χ0n) is 16.6. The molecule has 3 heterocycles. The molecule has 0 bridgehead atoms. The Morgan fingerprint density at radius 1 is 1.07 bits per heavy atom. The van der Waals surface area contributed by atoms with Crippen LogP contribution in [0, 0.1) is 0 Å². The van der Waals surface area contributed by atoms with Gasteiger partial charge in [-0.3, -0.25) is 4.40 Å². The number of hydrogen-bond acceptors (Lipinski definition) is 7. The first kappa shape index (κ1) is 20.6. The molecule has 0 aliphatic carbocycles. The number of hydrogen-bond donors (Lipinski definition) is 0. The highest BCUT2D eigenvalue weighted by Gasteiger charge is 2.23. The molecule has 0 aliphatic rings. The first-order valence-corrected chi connectivity index (χ1v) is 11.9. The fourth-order valence-electron chi connectivity index (χ4n) is 3.08. The molecule has 4 rings (SSSR count). The van der Waals surface area contributed by atoms with E-state index in [0.29, 0.717) is 35.4 Å². The van der Waals surface area contributed by atoms with Crippen molar-refractivity contribution in [2.75, 3.05) is 13.1 Å². The van der Waals surface area contributed by atoms with E-state index in [1.54, 1.807) is 22.7 Å². The topological polar surface area (TPSA) is 93.6 Å². The summed E-state index contributed by atoms with van der Waals surface area (Å²) in [4.78, 5) is 0.214. The van der Waals surface area contributed by atoms with Crippen LogP contribution < -0.4 is 0 Å². The largest absolute Gasteiger partial charge is 0.360 e. The SMILES string of the molecule is CCN(CC)S(=O)(=O)c1ccc2nnc(SCc3cc(-c4ccccc4)no3)n2c1.